The summed E-state index contributed by atoms with van der Waals surface area (Å²) in [5.41, 5.74) is 9.11. The van der Waals surface area contributed by atoms with Gasteiger partial charge in [-0.3, -0.25) is 4.79 Å². The molecule has 0 aromatic heterocycles. The minimum absolute atomic E-state index is 0.0551. The van der Waals surface area contributed by atoms with Crippen LogP contribution >= 0.6 is 0 Å². The average Bonchev–Trinajstić information content (AvgIpc) is 3.10. The summed E-state index contributed by atoms with van der Waals surface area (Å²) in [5.74, 6) is 1.26. The second-order valence-corrected chi connectivity index (χ2v) is 6.56. The topological polar surface area (TPSA) is 67.6 Å². The van der Waals surface area contributed by atoms with Crippen LogP contribution < -0.4 is 20.7 Å². The molecule has 1 amide bonds. The van der Waals surface area contributed by atoms with Crippen LogP contribution in [0, 0.1) is 12.8 Å². The van der Waals surface area contributed by atoms with E-state index in [0.29, 0.717) is 23.7 Å². The van der Waals surface area contributed by atoms with Crippen LogP contribution in [0.25, 0.3) is 0 Å². The molecule has 5 heteroatoms. The summed E-state index contributed by atoms with van der Waals surface area (Å²) in [6, 6.07) is 13.5. The van der Waals surface area contributed by atoms with Crippen LogP contribution in [0.2, 0.25) is 0 Å². The largest absolute Gasteiger partial charge is 0.495 e. The van der Waals surface area contributed by atoms with E-state index in [1.807, 2.05) is 37.3 Å². The van der Waals surface area contributed by atoms with E-state index in [0.717, 1.165) is 36.5 Å². The van der Waals surface area contributed by atoms with Gasteiger partial charge in [0, 0.05) is 30.9 Å². The lowest BCUT2D eigenvalue weighted by Crippen LogP contribution is -2.31. The molecular weight excluding hydrogens is 314 g/mol. The van der Waals surface area contributed by atoms with Gasteiger partial charge in [0.25, 0.3) is 5.91 Å². The van der Waals surface area contributed by atoms with Crippen LogP contribution in [0.4, 0.5) is 11.4 Å². The van der Waals surface area contributed by atoms with Gasteiger partial charge in [0.05, 0.1) is 12.8 Å². The predicted molar refractivity (Wildman–Crippen MR) is 101 cm³/mol. The van der Waals surface area contributed by atoms with Gasteiger partial charge in [-0.1, -0.05) is 18.2 Å². The molecule has 1 aliphatic heterocycles. The van der Waals surface area contributed by atoms with Crippen molar-refractivity contribution in [2.24, 2.45) is 5.92 Å². The van der Waals surface area contributed by atoms with E-state index in [9.17, 15) is 4.79 Å². The maximum absolute atomic E-state index is 12.4. The van der Waals surface area contributed by atoms with Gasteiger partial charge in [0.2, 0.25) is 0 Å². The average molecular weight is 339 g/mol. The van der Waals surface area contributed by atoms with Gasteiger partial charge in [-0.05, 0) is 49.1 Å². The first kappa shape index (κ1) is 17.1. The van der Waals surface area contributed by atoms with Crippen molar-refractivity contribution in [2.45, 2.75) is 13.3 Å². The second kappa shape index (κ2) is 7.47. The fourth-order valence-electron chi connectivity index (χ4n) is 3.33. The first-order chi connectivity index (χ1) is 12.1. The molecular formula is C20H25N3O2. The fourth-order valence-corrected chi connectivity index (χ4v) is 3.33. The molecule has 132 valence electrons. The van der Waals surface area contributed by atoms with E-state index in [-0.39, 0.29) is 5.91 Å². The summed E-state index contributed by atoms with van der Waals surface area (Å²) in [5, 5.41) is 3.06. The van der Waals surface area contributed by atoms with E-state index in [1.165, 1.54) is 0 Å². The number of rotatable bonds is 5. The number of amides is 1. The lowest BCUT2D eigenvalue weighted by molar-refractivity contribution is 0.0947. The Morgan fingerprint density at radius 1 is 1.32 bits per heavy atom. The Labute approximate surface area is 148 Å². The number of hydrogen-bond donors (Lipinski definition) is 2. The number of nitrogens with zero attached hydrogens (tertiary/aromatic N) is 1. The van der Waals surface area contributed by atoms with E-state index < -0.39 is 0 Å². The smallest absolute Gasteiger partial charge is 0.251 e. The standard InChI is InChI=1S/C20H25N3O2/c1-14-7-8-16(21)11-17(14)20(24)22-12-15-9-10-23(13-15)18-5-3-4-6-19(18)25-2/h3-8,11,15H,9-10,12-13,21H2,1-2H3,(H,22,24). The zero-order chi connectivity index (χ0) is 17.8. The molecule has 1 unspecified atom stereocenters. The molecule has 0 bridgehead atoms. The number of ether oxygens (including phenoxy) is 1. The quantitative estimate of drug-likeness (QED) is 0.822. The molecule has 1 saturated heterocycles. The second-order valence-electron chi connectivity index (χ2n) is 6.56. The Balaban J connectivity index is 1.58. The molecule has 1 atom stereocenters. The number of methoxy groups -OCH3 is 1. The van der Waals surface area contributed by atoms with Crippen molar-refractivity contribution in [3.05, 3.63) is 53.6 Å². The van der Waals surface area contributed by atoms with Gasteiger partial charge in [-0.15, -0.1) is 0 Å². The maximum atomic E-state index is 12.4. The molecule has 2 aromatic rings. The van der Waals surface area contributed by atoms with Crippen LogP contribution in [0.15, 0.2) is 42.5 Å². The van der Waals surface area contributed by atoms with Crippen molar-refractivity contribution in [3.63, 3.8) is 0 Å². The van der Waals surface area contributed by atoms with Gasteiger partial charge in [-0.2, -0.15) is 0 Å². The number of hydrogen-bond acceptors (Lipinski definition) is 4. The highest BCUT2D eigenvalue weighted by atomic mass is 16.5. The molecule has 1 fully saturated rings. The van der Waals surface area contributed by atoms with Crippen LogP contribution in [-0.2, 0) is 0 Å². The summed E-state index contributed by atoms with van der Waals surface area (Å²) in [6.45, 7) is 4.47. The number of nitrogens with two attached hydrogens (primary N) is 1. The highest BCUT2D eigenvalue weighted by molar-refractivity contribution is 5.96. The summed E-state index contributed by atoms with van der Waals surface area (Å²) in [7, 11) is 1.69. The fraction of sp³-hybridized carbons (Fsp3) is 0.350. The van der Waals surface area contributed by atoms with Crippen molar-refractivity contribution in [3.8, 4) is 5.75 Å². The van der Waals surface area contributed by atoms with Crippen molar-refractivity contribution >= 4 is 17.3 Å². The zero-order valence-corrected chi connectivity index (χ0v) is 14.8. The Hall–Kier alpha value is -2.69. The third-order valence-corrected chi connectivity index (χ3v) is 4.77. The number of nitrogen functional groups attached to an aromatic ring is 1. The van der Waals surface area contributed by atoms with Crippen LogP contribution in [0.1, 0.15) is 22.3 Å². The molecule has 0 radical (unpaired) electrons. The molecule has 5 nitrogen and oxygen atoms in total. The first-order valence-electron chi connectivity index (χ1n) is 8.60. The number of carbonyl (C=O) groups excluding carboxylic acids is 1. The lowest BCUT2D eigenvalue weighted by atomic mass is 10.1. The monoisotopic (exact) mass is 339 g/mol. The Bertz CT molecular complexity index is 760. The van der Waals surface area contributed by atoms with Crippen molar-refractivity contribution in [1.29, 1.82) is 0 Å². The number of carbonyl (C=O) groups is 1. The Morgan fingerprint density at radius 3 is 2.92 bits per heavy atom. The Kier molecular flexibility index (Phi) is 5.12. The predicted octanol–water partition coefficient (Wildman–Crippen LogP) is 2.84. The molecule has 25 heavy (non-hydrogen) atoms. The lowest BCUT2D eigenvalue weighted by Gasteiger charge is -2.21. The van der Waals surface area contributed by atoms with Crippen LogP contribution in [-0.4, -0.2) is 32.7 Å². The van der Waals surface area contributed by atoms with Crippen molar-refractivity contribution in [2.75, 3.05) is 37.4 Å². The number of anilines is 2. The van der Waals surface area contributed by atoms with Gasteiger partial charge in [-0.25, -0.2) is 0 Å². The number of benzene rings is 2. The molecule has 3 rings (SSSR count). The van der Waals surface area contributed by atoms with Crippen molar-refractivity contribution < 1.29 is 9.53 Å². The molecule has 0 spiro atoms. The normalized spacial score (nSPS) is 16.7. The van der Waals surface area contributed by atoms with E-state index in [4.69, 9.17) is 10.5 Å². The molecule has 1 heterocycles. The van der Waals surface area contributed by atoms with E-state index in [1.54, 1.807) is 13.2 Å². The van der Waals surface area contributed by atoms with Gasteiger partial charge < -0.3 is 20.7 Å². The van der Waals surface area contributed by atoms with Crippen LogP contribution in [0.5, 0.6) is 5.75 Å². The summed E-state index contributed by atoms with van der Waals surface area (Å²) < 4.78 is 5.45. The highest BCUT2D eigenvalue weighted by Gasteiger charge is 2.25. The van der Waals surface area contributed by atoms with Crippen LogP contribution in [0.3, 0.4) is 0 Å². The zero-order valence-electron chi connectivity index (χ0n) is 14.8. The minimum atomic E-state index is -0.0551. The summed E-state index contributed by atoms with van der Waals surface area (Å²) in [6.07, 6.45) is 1.05. The molecule has 0 saturated carbocycles. The third-order valence-electron chi connectivity index (χ3n) is 4.77. The van der Waals surface area contributed by atoms with Gasteiger partial charge >= 0.3 is 0 Å². The molecule has 3 N–H and O–H groups in total. The Morgan fingerprint density at radius 2 is 2.12 bits per heavy atom. The van der Waals surface area contributed by atoms with Gasteiger partial charge in [0.1, 0.15) is 5.75 Å². The van der Waals surface area contributed by atoms with E-state index >= 15 is 0 Å². The maximum Gasteiger partial charge on any atom is 0.251 e. The number of nitrogens with one attached hydrogen (secondary N) is 1. The van der Waals surface area contributed by atoms with E-state index in [2.05, 4.69) is 16.3 Å². The third kappa shape index (κ3) is 3.87. The minimum Gasteiger partial charge on any atom is -0.495 e. The molecule has 2 aromatic carbocycles. The number of para-hydroxylation sites is 2. The first-order valence-corrected chi connectivity index (χ1v) is 8.60. The van der Waals surface area contributed by atoms with Gasteiger partial charge in [0.15, 0.2) is 0 Å². The summed E-state index contributed by atoms with van der Waals surface area (Å²) in [4.78, 5) is 14.7. The SMILES string of the molecule is COc1ccccc1N1CCC(CNC(=O)c2cc(N)ccc2C)C1. The summed E-state index contributed by atoms with van der Waals surface area (Å²) >= 11 is 0. The molecule has 0 aliphatic carbocycles. The highest BCUT2D eigenvalue weighted by Crippen LogP contribution is 2.31. The molecule has 1 aliphatic rings. The van der Waals surface area contributed by atoms with Crippen molar-refractivity contribution in [1.82, 2.24) is 5.32 Å². The number of aryl methyl sites for hydroxylation is 1.